The van der Waals surface area contributed by atoms with Gasteiger partial charge >= 0.3 is 0 Å². The highest BCUT2D eigenvalue weighted by molar-refractivity contribution is 5.58. The normalized spacial score (nSPS) is 15.0. The van der Waals surface area contributed by atoms with Gasteiger partial charge < -0.3 is 4.90 Å². The van der Waals surface area contributed by atoms with Gasteiger partial charge in [-0.15, -0.1) is 0 Å². The molecule has 0 fully saturated rings. The Labute approximate surface area is 131 Å². The summed E-state index contributed by atoms with van der Waals surface area (Å²) in [6.45, 7) is 9.67. The first-order valence-electron chi connectivity index (χ1n) is 7.79. The molecule has 0 unspecified atom stereocenters. The van der Waals surface area contributed by atoms with Gasteiger partial charge in [0.2, 0.25) is 0 Å². The van der Waals surface area contributed by atoms with Gasteiger partial charge in [-0.05, 0) is 57.7 Å². The number of hydrogen-bond donors (Lipinski definition) is 0. The van der Waals surface area contributed by atoms with Gasteiger partial charge in [-0.1, -0.05) is 6.07 Å². The van der Waals surface area contributed by atoms with E-state index in [0.29, 0.717) is 6.54 Å². The van der Waals surface area contributed by atoms with E-state index in [4.69, 9.17) is 0 Å². The highest BCUT2D eigenvalue weighted by atomic mass is 19.1. The molecule has 2 heterocycles. The van der Waals surface area contributed by atoms with Crippen molar-refractivity contribution in [3.63, 3.8) is 0 Å². The van der Waals surface area contributed by atoms with Crippen molar-refractivity contribution in [3.8, 4) is 0 Å². The molecular formula is C17H23FN4. The van der Waals surface area contributed by atoms with Crippen LogP contribution in [0.3, 0.4) is 0 Å². The van der Waals surface area contributed by atoms with E-state index in [-0.39, 0.29) is 11.4 Å². The average Bonchev–Trinajstić information content (AvgIpc) is 2.86. The van der Waals surface area contributed by atoms with Crippen molar-refractivity contribution in [1.29, 1.82) is 0 Å². The molecule has 118 valence electrons. The zero-order chi connectivity index (χ0) is 15.9. The summed E-state index contributed by atoms with van der Waals surface area (Å²) in [6, 6.07) is 3.71. The van der Waals surface area contributed by atoms with Crippen LogP contribution in [-0.4, -0.2) is 21.3 Å². The summed E-state index contributed by atoms with van der Waals surface area (Å²) in [5.74, 6) is 0.747. The fourth-order valence-corrected chi connectivity index (χ4v) is 3.19. The molecule has 2 aromatic rings. The third kappa shape index (κ3) is 2.72. The molecule has 1 aromatic carbocycles. The van der Waals surface area contributed by atoms with E-state index in [0.717, 1.165) is 42.0 Å². The summed E-state index contributed by atoms with van der Waals surface area (Å²) < 4.78 is 16.4. The molecule has 1 aliphatic rings. The molecule has 5 heteroatoms. The topological polar surface area (TPSA) is 34.0 Å². The minimum absolute atomic E-state index is 0.128. The zero-order valence-corrected chi connectivity index (χ0v) is 13.7. The van der Waals surface area contributed by atoms with Gasteiger partial charge in [0.05, 0.1) is 17.8 Å². The van der Waals surface area contributed by atoms with E-state index in [1.54, 1.807) is 12.4 Å². The second-order valence-corrected chi connectivity index (χ2v) is 7.04. The Bertz CT molecular complexity index is 684. The van der Waals surface area contributed by atoms with Crippen molar-refractivity contribution in [2.75, 3.05) is 11.4 Å². The van der Waals surface area contributed by atoms with Crippen molar-refractivity contribution in [3.05, 3.63) is 41.2 Å². The molecule has 1 aromatic heterocycles. The van der Waals surface area contributed by atoms with Gasteiger partial charge in [-0.2, -0.15) is 5.10 Å². The van der Waals surface area contributed by atoms with Gasteiger partial charge in [0.1, 0.15) is 18.0 Å². The molecule has 0 bridgehead atoms. The highest BCUT2D eigenvalue weighted by Crippen LogP contribution is 2.32. The average molecular weight is 302 g/mol. The second-order valence-electron chi connectivity index (χ2n) is 7.04. The van der Waals surface area contributed by atoms with Crippen LogP contribution in [0.5, 0.6) is 0 Å². The van der Waals surface area contributed by atoms with E-state index >= 15 is 0 Å². The second kappa shape index (κ2) is 5.38. The van der Waals surface area contributed by atoms with E-state index in [1.165, 1.54) is 0 Å². The fourth-order valence-electron chi connectivity index (χ4n) is 3.19. The van der Waals surface area contributed by atoms with Crippen LogP contribution >= 0.6 is 0 Å². The third-order valence-corrected chi connectivity index (χ3v) is 4.06. The lowest BCUT2D eigenvalue weighted by molar-refractivity contribution is 0.340. The lowest BCUT2D eigenvalue weighted by Crippen LogP contribution is -2.34. The smallest absolute Gasteiger partial charge is 0.147 e. The van der Waals surface area contributed by atoms with Gasteiger partial charge in [0.15, 0.2) is 0 Å². The molecule has 0 saturated carbocycles. The number of rotatable bonds is 2. The van der Waals surface area contributed by atoms with E-state index in [1.807, 2.05) is 11.6 Å². The zero-order valence-electron chi connectivity index (χ0n) is 13.7. The van der Waals surface area contributed by atoms with Crippen LogP contribution in [0.2, 0.25) is 0 Å². The number of benzene rings is 1. The van der Waals surface area contributed by atoms with Crippen molar-refractivity contribution in [1.82, 2.24) is 14.8 Å². The summed E-state index contributed by atoms with van der Waals surface area (Å²) in [7, 11) is 0. The summed E-state index contributed by atoms with van der Waals surface area (Å²) in [6.07, 6.45) is 3.56. The maximum absolute atomic E-state index is 14.5. The molecule has 3 rings (SSSR count). The molecule has 0 aliphatic carbocycles. The first-order valence-corrected chi connectivity index (χ1v) is 7.79. The van der Waals surface area contributed by atoms with E-state index in [2.05, 4.69) is 41.8 Å². The van der Waals surface area contributed by atoms with Crippen LogP contribution in [0, 0.1) is 12.7 Å². The molecule has 0 radical (unpaired) electrons. The Hall–Kier alpha value is -1.91. The Kier molecular flexibility index (Phi) is 3.67. The molecule has 0 N–H and O–H groups in total. The first-order chi connectivity index (χ1) is 10.4. The van der Waals surface area contributed by atoms with E-state index in [9.17, 15) is 4.39 Å². The molecule has 1 aliphatic heterocycles. The molecule has 0 amide bonds. The standard InChI is InChI=1S/C17H23FN4/c1-12-8-13-6-5-7-21(16(13)14(18)9-12)10-15-19-11-20-22(15)17(2,3)4/h8-9,11H,5-7,10H2,1-4H3. The monoisotopic (exact) mass is 302 g/mol. The number of fused-ring (bicyclic) bond motifs is 1. The summed E-state index contributed by atoms with van der Waals surface area (Å²) in [4.78, 5) is 6.48. The molecule has 0 atom stereocenters. The molecular weight excluding hydrogens is 279 g/mol. The molecule has 22 heavy (non-hydrogen) atoms. The van der Waals surface area contributed by atoms with Crippen LogP contribution in [-0.2, 0) is 18.5 Å². The lowest BCUT2D eigenvalue weighted by Gasteiger charge is -2.32. The number of hydrogen-bond acceptors (Lipinski definition) is 3. The van der Waals surface area contributed by atoms with Gasteiger partial charge in [0.25, 0.3) is 0 Å². The Morgan fingerprint density at radius 3 is 2.77 bits per heavy atom. The maximum Gasteiger partial charge on any atom is 0.147 e. The predicted molar refractivity (Wildman–Crippen MR) is 85.5 cm³/mol. The van der Waals surface area contributed by atoms with Crippen molar-refractivity contribution < 1.29 is 4.39 Å². The predicted octanol–water partition coefficient (Wildman–Crippen LogP) is 3.43. The number of aryl methyl sites for hydroxylation is 2. The Morgan fingerprint density at radius 2 is 2.05 bits per heavy atom. The lowest BCUT2D eigenvalue weighted by atomic mass is 9.99. The maximum atomic E-state index is 14.5. The van der Waals surface area contributed by atoms with Gasteiger partial charge in [-0.3, -0.25) is 0 Å². The first kappa shape index (κ1) is 15.0. The van der Waals surface area contributed by atoms with E-state index < -0.39 is 0 Å². The van der Waals surface area contributed by atoms with Crippen molar-refractivity contribution >= 4 is 5.69 Å². The summed E-state index contributed by atoms with van der Waals surface area (Å²) in [5, 5.41) is 4.33. The number of anilines is 1. The molecule has 0 spiro atoms. The van der Waals surface area contributed by atoms with Crippen molar-refractivity contribution in [2.24, 2.45) is 0 Å². The van der Waals surface area contributed by atoms with Crippen LogP contribution < -0.4 is 4.90 Å². The number of nitrogens with zero attached hydrogens (tertiary/aromatic N) is 4. The summed E-state index contributed by atoms with van der Waals surface area (Å²) in [5.41, 5.74) is 2.69. The fraction of sp³-hybridized carbons (Fsp3) is 0.529. The minimum Gasteiger partial charge on any atom is -0.361 e. The summed E-state index contributed by atoms with van der Waals surface area (Å²) >= 11 is 0. The van der Waals surface area contributed by atoms with Gasteiger partial charge in [-0.25, -0.2) is 14.1 Å². The van der Waals surface area contributed by atoms with Crippen LogP contribution in [0.25, 0.3) is 0 Å². The quantitative estimate of drug-likeness (QED) is 0.852. The Balaban J connectivity index is 1.95. The Morgan fingerprint density at radius 1 is 1.27 bits per heavy atom. The number of halogens is 1. The van der Waals surface area contributed by atoms with Gasteiger partial charge in [0, 0.05) is 6.54 Å². The third-order valence-electron chi connectivity index (χ3n) is 4.06. The largest absolute Gasteiger partial charge is 0.361 e. The van der Waals surface area contributed by atoms with Crippen molar-refractivity contribution in [2.45, 2.75) is 52.6 Å². The number of aromatic nitrogens is 3. The molecule has 4 nitrogen and oxygen atoms in total. The SMILES string of the molecule is Cc1cc(F)c2c(c1)CCCN2Cc1ncnn1C(C)(C)C. The highest BCUT2D eigenvalue weighted by Gasteiger charge is 2.25. The minimum atomic E-state index is -0.129. The van der Waals surface area contributed by atoms with Crippen LogP contribution in [0.4, 0.5) is 10.1 Å². The molecule has 0 saturated heterocycles. The van der Waals surface area contributed by atoms with Crippen LogP contribution in [0.15, 0.2) is 18.5 Å². The van der Waals surface area contributed by atoms with Crippen LogP contribution in [0.1, 0.15) is 44.1 Å².